The third-order valence-electron chi connectivity index (χ3n) is 5.14. The highest BCUT2D eigenvalue weighted by atomic mass is 16.5. The number of ketones is 1. The number of fused-ring (bicyclic) bond motifs is 2. The number of nitrogens with zero attached hydrogens (tertiary/aromatic N) is 2. The van der Waals surface area contributed by atoms with Gasteiger partial charge in [0.1, 0.15) is 12.4 Å². The zero-order valence-electron chi connectivity index (χ0n) is 14.7. The molecule has 1 unspecified atom stereocenters. The van der Waals surface area contributed by atoms with Crippen molar-refractivity contribution in [3.8, 4) is 5.75 Å². The smallest absolute Gasteiger partial charge is 0.173 e. The quantitative estimate of drug-likeness (QED) is 0.813. The Balaban J connectivity index is 1.57. The first-order chi connectivity index (χ1) is 12.0. The molecule has 1 aliphatic heterocycles. The molecule has 1 aromatic heterocycles. The molecule has 1 saturated carbocycles. The molecule has 0 spiro atoms. The molecule has 4 heteroatoms. The number of pyridine rings is 1. The molecule has 1 aliphatic carbocycles. The summed E-state index contributed by atoms with van der Waals surface area (Å²) in [5.74, 6) is 0.886. The van der Waals surface area contributed by atoms with E-state index in [1.54, 1.807) is 6.20 Å². The molecule has 2 aliphatic rings. The number of hydrogen-bond acceptors (Lipinski definition) is 4. The van der Waals surface area contributed by atoms with Crippen molar-refractivity contribution in [3.05, 3.63) is 53.9 Å². The molecule has 0 amide bonds. The number of carbonyl (C=O) groups excluding carboxylic acids is 1. The maximum Gasteiger partial charge on any atom is 0.173 e. The molecular formula is C21H22N2O2. The van der Waals surface area contributed by atoms with Gasteiger partial charge in [-0.2, -0.15) is 0 Å². The Morgan fingerprint density at radius 1 is 1.24 bits per heavy atom. The van der Waals surface area contributed by atoms with Gasteiger partial charge in [-0.3, -0.25) is 14.8 Å². The van der Waals surface area contributed by atoms with Crippen molar-refractivity contribution in [2.24, 2.45) is 16.3 Å². The number of hydrogen-bond donors (Lipinski definition) is 0. The zero-order valence-corrected chi connectivity index (χ0v) is 14.7. The van der Waals surface area contributed by atoms with Crippen LogP contribution in [0.4, 0.5) is 5.69 Å². The second-order valence-corrected chi connectivity index (χ2v) is 7.68. The normalized spacial score (nSPS) is 21.1. The van der Waals surface area contributed by atoms with Crippen molar-refractivity contribution in [2.45, 2.75) is 39.7 Å². The maximum atomic E-state index is 12.9. The van der Waals surface area contributed by atoms with Crippen LogP contribution >= 0.6 is 0 Å². The summed E-state index contributed by atoms with van der Waals surface area (Å²) < 4.78 is 5.82. The number of Topliss-reactive ketones (excluding diaryl/α,β-unsaturated/α-hetero) is 1. The van der Waals surface area contributed by atoms with Crippen molar-refractivity contribution in [1.29, 1.82) is 0 Å². The van der Waals surface area contributed by atoms with Crippen LogP contribution in [0.1, 0.15) is 49.2 Å². The first-order valence-corrected chi connectivity index (χ1v) is 8.80. The van der Waals surface area contributed by atoms with Crippen LogP contribution in [0.25, 0.3) is 0 Å². The lowest BCUT2D eigenvalue weighted by atomic mass is 9.68. The molecule has 25 heavy (non-hydrogen) atoms. The number of aromatic nitrogens is 1. The van der Waals surface area contributed by atoms with E-state index >= 15 is 0 Å². The minimum absolute atomic E-state index is 0.0449. The van der Waals surface area contributed by atoms with Gasteiger partial charge in [0.2, 0.25) is 0 Å². The van der Waals surface area contributed by atoms with Crippen molar-refractivity contribution in [1.82, 2.24) is 4.98 Å². The monoisotopic (exact) mass is 334 g/mol. The fraction of sp³-hybridized carbons (Fsp3) is 0.381. The molecule has 1 fully saturated rings. The van der Waals surface area contributed by atoms with Crippen LogP contribution in [0.5, 0.6) is 5.75 Å². The lowest BCUT2D eigenvalue weighted by molar-refractivity contribution is 0.0906. The lowest BCUT2D eigenvalue weighted by Gasteiger charge is -2.37. The van der Waals surface area contributed by atoms with E-state index in [1.165, 1.54) is 0 Å². The summed E-state index contributed by atoms with van der Waals surface area (Å²) in [6, 6.07) is 11.3. The van der Waals surface area contributed by atoms with Crippen LogP contribution in [0.15, 0.2) is 47.6 Å². The van der Waals surface area contributed by atoms with E-state index in [-0.39, 0.29) is 17.1 Å². The highest BCUT2D eigenvalue weighted by Gasteiger charge is 2.39. The number of aliphatic imine (C=N–C) groups is 1. The minimum Gasteiger partial charge on any atom is -0.487 e. The summed E-state index contributed by atoms with van der Waals surface area (Å²) in [5.41, 5.74) is 3.59. The van der Waals surface area contributed by atoms with Crippen molar-refractivity contribution in [2.75, 3.05) is 0 Å². The van der Waals surface area contributed by atoms with Gasteiger partial charge in [0.05, 0.1) is 17.3 Å². The van der Waals surface area contributed by atoms with E-state index in [4.69, 9.17) is 9.73 Å². The Morgan fingerprint density at radius 3 is 2.92 bits per heavy atom. The lowest BCUT2D eigenvalue weighted by Crippen LogP contribution is -2.36. The summed E-state index contributed by atoms with van der Waals surface area (Å²) in [4.78, 5) is 22.0. The Bertz CT molecular complexity index is 840. The molecule has 128 valence electrons. The average molecular weight is 334 g/mol. The summed E-state index contributed by atoms with van der Waals surface area (Å²) in [6.07, 6.45) is 4.63. The van der Waals surface area contributed by atoms with Crippen LogP contribution in [0.2, 0.25) is 0 Å². The molecule has 0 bridgehead atoms. The van der Waals surface area contributed by atoms with E-state index in [0.29, 0.717) is 6.61 Å². The fourth-order valence-corrected chi connectivity index (χ4v) is 3.68. The van der Waals surface area contributed by atoms with Gasteiger partial charge in [-0.25, -0.2) is 0 Å². The van der Waals surface area contributed by atoms with Crippen molar-refractivity contribution in [3.63, 3.8) is 0 Å². The highest BCUT2D eigenvalue weighted by Crippen LogP contribution is 2.43. The van der Waals surface area contributed by atoms with Crippen LogP contribution in [0.3, 0.4) is 0 Å². The van der Waals surface area contributed by atoms with Gasteiger partial charge in [-0.1, -0.05) is 19.9 Å². The summed E-state index contributed by atoms with van der Waals surface area (Å²) in [5, 5.41) is 0. The topological polar surface area (TPSA) is 51.6 Å². The number of carbonyl (C=O) groups is 1. The predicted octanol–water partition coefficient (Wildman–Crippen LogP) is 4.76. The van der Waals surface area contributed by atoms with Gasteiger partial charge < -0.3 is 4.74 Å². The van der Waals surface area contributed by atoms with Gasteiger partial charge in [-0.05, 0) is 48.9 Å². The molecule has 1 aromatic carbocycles. The maximum absolute atomic E-state index is 12.9. The second kappa shape index (κ2) is 6.10. The van der Waals surface area contributed by atoms with Gasteiger partial charge in [0, 0.05) is 23.5 Å². The predicted molar refractivity (Wildman–Crippen MR) is 97.6 cm³/mol. The van der Waals surface area contributed by atoms with Gasteiger partial charge in [0.25, 0.3) is 0 Å². The minimum atomic E-state index is -0.0449. The highest BCUT2D eigenvalue weighted by molar-refractivity contribution is 6.18. The Labute approximate surface area is 148 Å². The van der Waals surface area contributed by atoms with Crippen LogP contribution < -0.4 is 4.74 Å². The van der Waals surface area contributed by atoms with E-state index in [2.05, 4.69) is 18.8 Å². The summed E-state index contributed by atoms with van der Waals surface area (Å²) in [6.45, 7) is 4.88. The third-order valence-corrected chi connectivity index (χ3v) is 5.14. The first kappa shape index (κ1) is 16.0. The van der Waals surface area contributed by atoms with E-state index < -0.39 is 0 Å². The SMILES string of the molecule is CC1(C)CCC2=Nc3cc(OCc4ccccn4)ccc3C(=O)C2C1. The molecular weight excluding hydrogens is 312 g/mol. The molecule has 2 aromatic rings. The second-order valence-electron chi connectivity index (χ2n) is 7.68. The zero-order chi connectivity index (χ0) is 17.4. The Kier molecular flexibility index (Phi) is 3.91. The Hall–Kier alpha value is -2.49. The van der Waals surface area contributed by atoms with Crippen molar-refractivity contribution >= 4 is 17.2 Å². The van der Waals surface area contributed by atoms with Crippen LogP contribution in [-0.2, 0) is 6.61 Å². The van der Waals surface area contributed by atoms with Gasteiger partial charge in [-0.15, -0.1) is 0 Å². The molecule has 0 N–H and O–H groups in total. The van der Waals surface area contributed by atoms with Crippen molar-refractivity contribution < 1.29 is 9.53 Å². The summed E-state index contributed by atoms with van der Waals surface area (Å²) in [7, 11) is 0. The van der Waals surface area contributed by atoms with E-state index in [9.17, 15) is 4.79 Å². The van der Waals surface area contributed by atoms with Gasteiger partial charge >= 0.3 is 0 Å². The summed E-state index contributed by atoms with van der Waals surface area (Å²) >= 11 is 0. The third kappa shape index (κ3) is 3.21. The molecule has 4 nitrogen and oxygen atoms in total. The molecule has 0 radical (unpaired) electrons. The first-order valence-electron chi connectivity index (χ1n) is 8.80. The van der Waals surface area contributed by atoms with E-state index in [0.717, 1.165) is 47.7 Å². The van der Waals surface area contributed by atoms with Crippen LogP contribution in [-0.4, -0.2) is 16.5 Å². The molecule has 1 atom stereocenters. The Morgan fingerprint density at radius 2 is 2.12 bits per heavy atom. The largest absolute Gasteiger partial charge is 0.487 e. The van der Waals surface area contributed by atoms with E-state index in [1.807, 2.05) is 36.4 Å². The fourth-order valence-electron chi connectivity index (χ4n) is 3.68. The molecule has 2 heterocycles. The van der Waals surface area contributed by atoms with Gasteiger partial charge in [0.15, 0.2) is 5.78 Å². The van der Waals surface area contributed by atoms with Crippen LogP contribution in [0, 0.1) is 11.3 Å². The molecule has 0 saturated heterocycles. The molecule has 4 rings (SSSR count). The number of ether oxygens (including phenoxy) is 1. The number of benzene rings is 1. The average Bonchev–Trinajstić information content (AvgIpc) is 2.61. The number of rotatable bonds is 3. The standard InChI is InChI=1S/C21H22N2O2/c1-21(2)9-8-18-17(12-21)20(24)16-7-6-15(11-19(16)23-18)25-13-14-5-3-4-10-22-14/h3-7,10-11,17H,8-9,12-13H2,1-2H3.